The third-order valence-corrected chi connectivity index (χ3v) is 60.2. The zero-order valence-corrected chi connectivity index (χ0v) is 21.9. The second-order valence-electron chi connectivity index (χ2n) is 9.54. The number of halogens is 2. The van der Waals surface area contributed by atoms with Crippen molar-refractivity contribution in [2.75, 3.05) is 0 Å². The molecule has 0 fully saturated rings. The predicted octanol–water partition coefficient (Wildman–Crippen LogP) is 8.21. The summed E-state index contributed by atoms with van der Waals surface area (Å²) in [7, 11) is 16.1. The van der Waals surface area contributed by atoms with Gasteiger partial charge in [0, 0.05) is 0 Å². The van der Waals surface area contributed by atoms with Crippen molar-refractivity contribution in [3.05, 3.63) is 45.6 Å². The van der Waals surface area contributed by atoms with Crippen LogP contribution in [-0.2, 0) is 15.6 Å². The van der Waals surface area contributed by atoms with Crippen LogP contribution in [-0.4, -0.2) is 5.92 Å². The monoisotopic (exact) mass is 485 g/mol. The zero-order valence-electron chi connectivity index (χ0n) is 16.8. The molecule has 2 atom stereocenters. The SMILES string of the molecule is CC1=CC2=C(CCCC2)[CH]1[Zr]([Cl])([Cl])([CH]1C(C)=CC2=C1CCCC2)[SiH](C)C. The van der Waals surface area contributed by atoms with Crippen molar-refractivity contribution in [1.82, 2.24) is 0 Å². The minimum absolute atomic E-state index is 0.420. The third-order valence-electron chi connectivity index (χ3n) is 7.73. The fourth-order valence-corrected chi connectivity index (χ4v) is 40.8. The van der Waals surface area contributed by atoms with Gasteiger partial charge < -0.3 is 0 Å². The van der Waals surface area contributed by atoms with Gasteiger partial charge in [0.25, 0.3) is 0 Å². The van der Waals surface area contributed by atoms with Crippen molar-refractivity contribution < 1.29 is 15.6 Å². The van der Waals surface area contributed by atoms with Gasteiger partial charge in [-0.05, 0) is 0 Å². The Hall–Kier alpha value is 0.640. The molecule has 0 amide bonds. The van der Waals surface area contributed by atoms with E-state index in [2.05, 4.69) is 39.1 Å². The van der Waals surface area contributed by atoms with Crippen LogP contribution in [0.2, 0.25) is 20.3 Å². The Morgan fingerprint density at radius 1 is 0.769 bits per heavy atom. The Labute approximate surface area is 168 Å². The van der Waals surface area contributed by atoms with E-state index in [-0.39, 0.29) is 0 Å². The van der Waals surface area contributed by atoms with Gasteiger partial charge in [-0.2, -0.15) is 0 Å². The fraction of sp³-hybridized carbons (Fsp3) is 0.636. The summed E-state index contributed by atoms with van der Waals surface area (Å²) in [5.41, 5.74) is 9.56. The molecule has 0 N–H and O–H groups in total. The zero-order chi connectivity index (χ0) is 18.7. The first-order valence-corrected chi connectivity index (χ1v) is 26.9. The number of rotatable bonds is 3. The average molecular weight is 488 g/mol. The molecule has 143 valence electrons. The molecule has 0 aliphatic heterocycles. The second-order valence-corrected chi connectivity index (χ2v) is 52.0. The van der Waals surface area contributed by atoms with Crippen LogP contribution < -0.4 is 0 Å². The summed E-state index contributed by atoms with van der Waals surface area (Å²) in [5, 5.41) is 0. The summed E-state index contributed by atoms with van der Waals surface area (Å²) in [5.74, 6) is -1.24. The van der Waals surface area contributed by atoms with E-state index >= 15 is 0 Å². The van der Waals surface area contributed by atoms with Crippen molar-refractivity contribution in [2.45, 2.75) is 85.6 Å². The van der Waals surface area contributed by atoms with E-state index in [4.69, 9.17) is 17.0 Å². The first kappa shape index (κ1) is 19.9. The van der Waals surface area contributed by atoms with Gasteiger partial charge in [-0.1, -0.05) is 0 Å². The van der Waals surface area contributed by atoms with E-state index in [0.717, 1.165) is 0 Å². The van der Waals surface area contributed by atoms with Gasteiger partial charge in [0.15, 0.2) is 0 Å². The summed E-state index contributed by atoms with van der Waals surface area (Å²) < 4.78 is 0.840. The van der Waals surface area contributed by atoms with E-state index in [0.29, 0.717) is 7.25 Å². The maximum absolute atomic E-state index is 8.06. The van der Waals surface area contributed by atoms with E-state index in [1.165, 1.54) is 62.5 Å². The van der Waals surface area contributed by atoms with Crippen LogP contribution >= 0.6 is 17.0 Å². The Balaban J connectivity index is 1.89. The Kier molecular flexibility index (Phi) is 5.26. The molecule has 4 heteroatoms. The molecule has 0 bridgehead atoms. The average Bonchev–Trinajstić information content (AvgIpc) is 3.10. The van der Waals surface area contributed by atoms with Gasteiger partial charge in [0.2, 0.25) is 0 Å². The van der Waals surface area contributed by atoms with Crippen LogP contribution in [0.5, 0.6) is 0 Å². The molecule has 26 heavy (non-hydrogen) atoms. The molecule has 0 aromatic rings. The molecule has 0 spiro atoms. The summed E-state index contributed by atoms with van der Waals surface area (Å²) in [6, 6.07) is 0. The van der Waals surface area contributed by atoms with Gasteiger partial charge in [-0.3, -0.25) is 0 Å². The summed E-state index contributed by atoms with van der Waals surface area (Å²) in [6.07, 6.45) is 15.2. The van der Waals surface area contributed by atoms with Crippen LogP contribution in [0, 0.1) is 0 Å². The summed E-state index contributed by atoms with van der Waals surface area (Å²) >= 11 is -4.13. The molecule has 0 radical (unpaired) electrons. The number of hydrogen-bond acceptors (Lipinski definition) is 0. The van der Waals surface area contributed by atoms with E-state index in [9.17, 15) is 0 Å². The quantitative estimate of drug-likeness (QED) is 0.352. The Bertz CT molecular complexity index is 711. The summed E-state index contributed by atoms with van der Waals surface area (Å²) in [4.78, 5) is 0. The number of allylic oxidation sites excluding steroid dienone is 8. The molecule has 0 saturated heterocycles. The predicted molar refractivity (Wildman–Crippen MR) is 117 cm³/mol. The van der Waals surface area contributed by atoms with Crippen molar-refractivity contribution in [3.63, 3.8) is 0 Å². The van der Waals surface area contributed by atoms with Crippen LogP contribution in [0.1, 0.15) is 65.2 Å². The van der Waals surface area contributed by atoms with Crippen LogP contribution in [0.4, 0.5) is 0 Å². The van der Waals surface area contributed by atoms with Crippen molar-refractivity contribution in [1.29, 1.82) is 0 Å². The molecule has 4 aliphatic carbocycles. The number of hydrogen-bond donors (Lipinski definition) is 0. The first-order valence-electron chi connectivity index (χ1n) is 10.6. The molecule has 4 rings (SSSR count). The molecular weight excluding hydrogens is 454 g/mol. The topological polar surface area (TPSA) is 0 Å². The standard InChI is InChI=1S/2C10H13.C2H7Si.2ClH.Zr/c2*1-8-6-9-4-2-3-5-10(9)7-8;1-3-2;;;/h2*6-7H,2-5H2,1H3;3H,1-2H3;2*1H;/q;;;;;+2/p-2. The van der Waals surface area contributed by atoms with Gasteiger partial charge >= 0.3 is 170 Å². The maximum atomic E-state index is 8.06. The molecule has 0 heterocycles. The molecule has 0 nitrogen and oxygen atoms in total. The van der Waals surface area contributed by atoms with E-state index in [1.54, 1.807) is 22.3 Å². The first-order chi connectivity index (χ1) is 12.2. The Morgan fingerprint density at radius 3 is 1.54 bits per heavy atom. The van der Waals surface area contributed by atoms with Gasteiger partial charge in [0.1, 0.15) is 0 Å². The van der Waals surface area contributed by atoms with Crippen molar-refractivity contribution >= 4 is 22.9 Å². The minimum atomic E-state index is -4.13. The van der Waals surface area contributed by atoms with Gasteiger partial charge in [-0.15, -0.1) is 0 Å². The fourth-order valence-electron chi connectivity index (χ4n) is 6.53. The van der Waals surface area contributed by atoms with Crippen LogP contribution in [0.3, 0.4) is 0 Å². The summed E-state index contributed by atoms with van der Waals surface area (Å²) in [6.45, 7) is 9.60. The molecule has 4 aliphatic rings. The molecular formula is C22H33Cl2SiZr. The van der Waals surface area contributed by atoms with Crippen LogP contribution in [0.15, 0.2) is 45.6 Å². The van der Waals surface area contributed by atoms with Gasteiger partial charge in [0.05, 0.1) is 0 Å². The second kappa shape index (κ2) is 6.86. The van der Waals surface area contributed by atoms with E-state index in [1.807, 2.05) is 0 Å². The van der Waals surface area contributed by atoms with Crippen molar-refractivity contribution in [3.8, 4) is 0 Å². The van der Waals surface area contributed by atoms with Crippen molar-refractivity contribution in [2.24, 2.45) is 0 Å². The molecule has 0 saturated carbocycles. The molecule has 2 unspecified atom stereocenters. The normalized spacial score (nSPS) is 30.8. The molecule has 0 aromatic carbocycles. The third kappa shape index (κ3) is 2.76. The van der Waals surface area contributed by atoms with Gasteiger partial charge in [-0.25, -0.2) is 0 Å². The van der Waals surface area contributed by atoms with E-state index < -0.39 is 21.5 Å². The van der Waals surface area contributed by atoms with Crippen LogP contribution in [0.25, 0.3) is 0 Å². The Morgan fingerprint density at radius 2 is 1.15 bits per heavy atom. The molecule has 0 aromatic heterocycles.